The SMILES string of the molecule is C=C(OC)C(C#N)C(C)C1CCC2C3CC(OC)C45CC4CCC5(C)C3CCC12C.CC(C)(O)C1CC[C@](C)(C2C(O)C[C@@]3(C)C4C[C@H](O)C5C(C)(C)C(O)CCC56CC46CCC23C)O1.CC(CC=C(c1ccccc1)c1ccccc1)C1CCC2C3CCC4CC5CC[C@]4(C)[C@@]3(O5)C(=O)C[C@]12C.CCCCN[C@]1(O)CCC2C3CC[C@H]4CCCC[C@]4(C)C3CC[C@@]21C. The summed E-state index contributed by atoms with van der Waals surface area (Å²) in [6.45, 7) is 42.3. The van der Waals surface area contributed by atoms with E-state index < -0.39 is 34.7 Å². The number of hydrogen-bond donors (Lipinski definition) is 6. The first-order valence-electron chi connectivity index (χ1n) is 53.7. The highest BCUT2D eigenvalue weighted by atomic mass is 16.5. The number of allylic oxidation sites excluding steroid dienone is 2. The average molecular weight is 1760 g/mol. The minimum atomic E-state index is -0.886. The van der Waals surface area contributed by atoms with Crippen molar-refractivity contribution in [2.75, 3.05) is 20.8 Å². The number of nitriles is 1. The minimum Gasteiger partial charge on any atom is -0.500 e. The molecule has 0 radical (unpaired) electrons. The number of fused-ring (bicyclic) bond motifs is 14. The molecule has 0 aromatic heterocycles. The molecule has 128 heavy (non-hydrogen) atoms. The number of ether oxygens (including phenoxy) is 4. The molecule has 2 aromatic rings. The molecule has 3 saturated heterocycles. The van der Waals surface area contributed by atoms with E-state index in [1.54, 1.807) is 7.11 Å². The first kappa shape index (κ1) is 93.5. The smallest absolute Gasteiger partial charge is 0.166 e. The van der Waals surface area contributed by atoms with Gasteiger partial charge >= 0.3 is 0 Å². The molecule has 710 valence electrons. The van der Waals surface area contributed by atoms with Crippen LogP contribution >= 0.6 is 0 Å². The maximum Gasteiger partial charge on any atom is 0.166 e. The summed E-state index contributed by atoms with van der Waals surface area (Å²) in [5.41, 5.74) is 3.66. The van der Waals surface area contributed by atoms with Crippen molar-refractivity contribution >= 4 is 11.4 Å². The van der Waals surface area contributed by atoms with Crippen molar-refractivity contribution < 1.29 is 49.3 Å². The Morgan fingerprint density at radius 1 is 0.594 bits per heavy atom. The van der Waals surface area contributed by atoms with Gasteiger partial charge in [-0.15, -0.1) is 0 Å². The first-order chi connectivity index (χ1) is 60.6. The van der Waals surface area contributed by atoms with Crippen LogP contribution in [0.3, 0.4) is 0 Å². The normalized spacial score (nSPS) is 51.7. The molecule has 6 N–H and O–H groups in total. The zero-order valence-electron chi connectivity index (χ0n) is 83.3. The lowest BCUT2D eigenvalue weighted by Gasteiger charge is -2.70. The third-order valence-corrected chi connectivity index (χ3v) is 47.7. The number of aliphatic hydroxyl groups excluding tert-OH is 3. The van der Waals surface area contributed by atoms with Gasteiger partial charge in [0.1, 0.15) is 23.0 Å². The molecule has 4 bridgehead atoms. The highest BCUT2D eigenvalue weighted by Gasteiger charge is 2.86. The van der Waals surface area contributed by atoms with Crippen LogP contribution in [0.2, 0.25) is 0 Å². The molecule has 12 heteroatoms. The van der Waals surface area contributed by atoms with E-state index in [4.69, 9.17) is 18.9 Å². The third kappa shape index (κ3) is 13.3. The van der Waals surface area contributed by atoms with Crippen LogP contribution in [-0.2, 0) is 23.7 Å². The number of ketones is 1. The lowest BCUT2D eigenvalue weighted by molar-refractivity contribution is -0.307. The molecule has 18 aliphatic carbocycles. The molecule has 2 aromatic carbocycles. The maximum atomic E-state index is 14.4. The lowest BCUT2D eigenvalue weighted by Crippen LogP contribution is -2.75. The summed E-state index contributed by atoms with van der Waals surface area (Å²) in [7, 11) is 3.63. The van der Waals surface area contributed by atoms with Crippen LogP contribution in [0.1, 0.15) is 366 Å². The second kappa shape index (κ2) is 32.6. The Hall–Kier alpha value is -3.48. The van der Waals surface area contributed by atoms with Crippen LogP contribution < -0.4 is 5.32 Å². The van der Waals surface area contributed by atoms with Gasteiger partial charge in [0.15, 0.2) is 5.78 Å². The molecule has 23 rings (SSSR count). The maximum absolute atomic E-state index is 14.4. The van der Waals surface area contributed by atoms with Gasteiger partial charge in [-0.1, -0.05) is 183 Å². The van der Waals surface area contributed by atoms with Crippen LogP contribution in [0.25, 0.3) is 5.57 Å². The fraction of sp³-hybridized carbons (Fsp3) is 0.845. The van der Waals surface area contributed by atoms with Crippen LogP contribution in [-0.4, -0.2) is 111 Å². The third-order valence-electron chi connectivity index (χ3n) is 47.7. The van der Waals surface area contributed by atoms with E-state index in [0.29, 0.717) is 92.8 Å². The van der Waals surface area contributed by atoms with E-state index in [1.807, 2.05) is 21.0 Å². The molecule has 3 aliphatic heterocycles. The van der Waals surface area contributed by atoms with Crippen molar-refractivity contribution in [3.63, 3.8) is 0 Å². The number of unbranched alkanes of at least 4 members (excludes halogenated alkanes) is 1. The lowest BCUT2D eigenvalue weighted by atomic mass is 9.40. The largest absolute Gasteiger partial charge is 0.500 e. The van der Waals surface area contributed by atoms with Gasteiger partial charge in [0, 0.05) is 35.7 Å². The van der Waals surface area contributed by atoms with E-state index >= 15 is 0 Å². The van der Waals surface area contributed by atoms with Gasteiger partial charge in [-0.3, -0.25) is 10.1 Å². The van der Waals surface area contributed by atoms with Crippen LogP contribution in [0.5, 0.6) is 0 Å². The van der Waals surface area contributed by atoms with Crippen molar-refractivity contribution in [2.45, 2.75) is 414 Å². The summed E-state index contributed by atoms with van der Waals surface area (Å²) in [5, 5.41) is 70.0. The molecular formula is C116H176N2O10. The molecule has 4 spiro atoms. The fourth-order valence-corrected chi connectivity index (χ4v) is 41.2. The van der Waals surface area contributed by atoms with E-state index in [1.165, 1.54) is 184 Å². The summed E-state index contributed by atoms with van der Waals surface area (Å²) >= 11 is 0. The molecule has 12 nitrogen and oxygen atoms in total. The Kier molecular flexibility index (Phi) is 23.8. The van der Waals surface area contributed by atoms with Gasteiger partial charge < -0.3 is 44.5 Å². The van der Waals surface area contributed by atoms with Crippen molar-refractivity contribution in [3.05, 3.63) is 90.2 Å². The van der Waals surface area contributed by atoms with Gasteiger partial charge in [0.25, 0.3) is 0 Å². The number of carbonyl (C=O) groups is 1. The molecule has 18 saturated carbocycles. The summed E-state index contributed by atoms with van der Waals surface area (Å²) in [6.07, 6.45) is 47.7. The number of Topliss-reactive ketones (excluding diaryl/α,β-unsaturated/α-hetero) is 1. The standard InChI is InChI=1S/C36H44O2.C30H50O5.C27H41NO2.C23H41NO/c1-24(14-16-29(25-10-6-4-7-11-25)26-12-8-5-9-13-26)30-18-19-31-32-17-15-27-22-28-20-21-35(27,3)36(32,38-28)33(37)23-34(30,31)2;1-24(2)20(33)8-11-30-16-29(30)13-12-26(5)23(28(7)10-9-21(35-28)25(3,4)34)18(32)15-27(26,6)19(29)14-17(31)22(24)30;1-16(20(15-28)17(2)29-5)21-7-8-22-19-13-24(30-6)27-14-18(27)9-12-26(27,4)23(19)10-11-25(21,22)3;1-4-5-16-24-23(25)15-12-20-18-10-9-17-8-6-7-13-21(17,2)19(18)11-14-22(20,23)3/h4-13,16,24,27-28,30-32H,14-15,17-23H2,1-3H3;17-23,31-34H,8-16H2,1-7H3;16,18-24H,2,7-14H2,1,3-6H3;17-20,24-25H,4-16H2,1-3H3/t24?,27?,28?,30?,31?,32?,34-,35+,36+;17-,18?,19?,20?,21?,22?,23?,26?,27-,28+,29?,30?;;17-,18?,19?,20?,21+,22+,23+/m10.1/s1. The van der Waals surface area contributed by atoms with Crippen LogP contribution in [0.15, 0.2) is 79.1 Å². The van der Waals surface area contributed by atoms with Crippen molar-refractivity contribution in [1.82, 2.24) is 5.32 Å². The molecule has 21 fully saturated rings. The summed E-state index contributed by atoms with van der Waals surface area (Å²) in [6, 6.07) is 24.2. The van der Waals surface area contributed by atoms with Crippen molar-refractivity contribution in [2.24, 2.45) is 177 Å². The summed E-state index contributed by atoms with van der Waals surface area (Å²) in [4.78, 5) is 14.4. The quantitative estimate of drug-likeness (QED) is 0.0531. The predicted octanol–water partition coefficient (Wildman–Crippen LogP) is 24.6. The van der Waals surface area contributed by atoms with E-state index in [2.05, 4.69) is 182 Å². The zero-order valence-corrected chi connectivity index (χ0v) is 83.3. The van der Waals surface area contributed by atoms with Crippen molar-refractivity contribution in [3.8, 4) is 6.07 Å². The minimum absolute atomic E-state index is 0.0267. The second-order valence-electron chi connectivity index (χ2n) is 52.5. The molecule has 3 heterocycles. The number of hydrogen-bond acceptors (Lipinski definition) is 12. The molecule has 21 aliphatic rings. The van der Waals surface area contributed by atoms with Crippen molar-refractivity contribution in [1.29, 1.82) is 5.26 Å². The Labute approximate surface area is 774 Å². The average Bonchev–Trinajstić information content (AvgIpc) is 1.45. The van der Waals surface area contributed by atoms with Crippen LogP contribution in [0.4, 0.5) is 0 Å². The number of rotatable bonds is 16. The monoisotopic (exact) mass is 1760 g/mol. The topological polar surface area (TPSA) is 191 Å². The second-order valence-corrected chi connectivity index (χ2v) is 52.5. The molecular weight excluding hydrogens is 1580 g/mol. The number of methoxy groups -OCH3 is 2. The summed E-state index contributed by atoms with van der Waals surface area (Å²) in [5.74, 6) is 12.2. The Balaban J connectivity index is 0.000000112. The molecule has 0 amide bonds. The van der Waals surface area contributed by atoms with Gasteiger partial charge in [0.05, 0.1) is 61.0 Å². The Morgan fingerprint density at radius 2 is 1.25 bits per heavy atom. The van der Waals surface area contributed by atoms with Gasteiger partial charge in [-0.25, -0.2) is 0 Å². The van der Waals surface area contributed by atoms with Gasteiger partial charge in [-0.05, 0) is 412 Å². The Bertz CT molecular complexity index is 4450. The molecule has 29 unspecified atom stereocenters. The van der Waals surface area contributed by atoms with E-state index in [9.17, 15) is 35.6 Å². The number of aliphatic hydroxyl groups is 5. The number of carbonyl (C=O) groups excluding carboxylic acids is 1. The number of nitrogens with zero attached hydrogens (tertiary/aromatic N) is 1. The highest BCUT2D eigenvalue weighted by Crippen LogP contribution is 2.90. The zero-order chi connectivity index (χ0) is 90.9. The Morgan fingerprint density at radius 3 is 1.93 bits per heavy atom. The number of benzene rings is 2. The fourth-order valence-electron chi connectivity index (χ4n) is 41.2. The van der Waals surface area contributed by atoms with E-state index in [0.717, 1.165) is 131 Å². The van der Waals surface area contributed by atoms with Gasteiger partial charge in [0.2, 0.25) is 0 Å². The van der Waals surface area contributed by atoms with Crippen LogP contribution in [0, 0.1) is 189 Å². The van der Waals surface area contributed by atoms with Gasteiger partial charge in [-0.2, -0.15) is 5.26 Å². The number of nitrogens with one attached hydrogen (secondary N) is 1. The summed E-state index contributed by atoms with van der Waals surface area (Å²) < 4.78 is 25.2. The highest BCUT2D eigenvalue weighted by molar-refractivity contribution is 5.91. The first-order valence-corrected chi connectivity index (χ1v) is 53.7. The molecule has 39 atom stereocenters. The van der Waals surface area contributed by atoms with E-state index in [-0.39, 0.29) is 73.3 Å². The predicted molar refractivity (Wildman–Crippen MR) is 510 cm³/mol.